The number of benzene rings is 1. The number of nitrogens with zero attached hydrogens (tertiary/aromatic N) is 1. The Labute approximate surface area is 140 Å². The Morgan fingerprint density at radius 1 is 1.19 bits per heavy atom. The number of halogens is 2. The number of amides is 1. The normalized spacial score (nSPS) is 11.0. The van der Waals surface area contributed by atoms with Gasteiger partial charge in [-0.2, -0.15) is 12.6 Å². The van der Waals surface area contributed by atoms with Gasteiger partial charge in [-0.1, -0.05) is 23.2 Å². The van der Waals surface area contributed by atoms with Crippen LogP contribution >= 0.6 is 35.8 Å². The maximum atomic E-state index is 11.0. The molecule has 0 saturated heterocycles. The van der Waals surface area contributed by atoms with E-state index in [2.05, 4.69) is 28.7 Å². The molecular weight excluding hydrogens is 327 g/mol. The molecule has 21 heavy (non-hydrogen) atoms. The van der Waals surface area contributed by atoms with Crippen LogP contribution in [0.2, 0.25) is 10.0 Å². The average molecular weight is 345 g/mol. The first-order valence-electron chi connectivity index (χ1n) is 6.93. The van der Waals surface area contributed by atoms with E-state index in [1.54, 1.807) is 0 Å². The summed E-state index contributed by atoms with van der Waals surface area (Å²) in [6.45, 7) is 1.65. The predicted octanol–water partition coefficient (Wildman–Crippen LogP) is 4.16. The van der Waals surface area contributed by atoms with Gasteiger partial charge in [0.25, 0.3) is 0 Å². The highest BCUT2D eigenvalue weighted by atomic mass is 35.5. The fourth-order valence-electron chi connectivity index (χ4n) is 2.25. The van der Waals surface area contributed by atoms with Crippen molar-refractivity contribution in [1.29, 1.82) is 0 Å². The highest BCUT2D eigenvalue weighted by Crippen LogP contribution is 2.28. The lowest BCUT2D eigenvalue weighted by Gasteiger charge is -2.07. The van der Waals surface area contributed by atoms with Crippen LogP contribution in [0.3, 0.4) is 0 Å². The van der Waals surface area contributed by atoms with Gasteiger partial charge in [0.05, 0.1) is 15.8 Å². The van der Waals surface area contributed by atoms with E-state index in [9.17, 15) is 4.79 Å². The van der Waals surface area contributed by atoms with E-state index in [4.69, 9.17) is 23.2 Å². The molecule has 3 nitrogen and oxygen atoms in total. The molecule has 1 heterocycles. The Bertz CT molecular complexity index is 627. The summed E-state index contributed by atoms with van der Waals surface area (Å²) in [6.07, 6.45) is 5.15. The van der Waals surface area contributed by atoms with Crippen molar-refractivity contribution in [3.05, 3.63) is 34.4 Å². The second-order valence-corrected chi connectivity index (χ2v) is 6.03. The van der Waals surface area contributed by atoms with Crippen LogP contribution in [0, 0.1) is 0 Å². The summed E-state index contributed by atoms with van der Waals surface area (Å²) < 4.78 is 2.18. The monoisotopic (exact) mass is 344 g/mol. The molecule has 0 spiro atoms. The maximum absolute atomic E-state index is 11.0. The Hall–Kier alpha value is -0.840. The van der Waals surface area contributed by atoms with Gasteiger partial charge in [0, 0.05) is 30.2 Å². The lowest BCUT2D eigenvalue weighted by molar-refractivity contribution is -0.118. The van der Waals surface area contributed by atoms with E-state index in [1.807, 2.05) is 18.2 Å². The highest BCUT2D eigenvalue weighted by Gasteiger charge is 2.05. The first-order valence-corrected chi connectivity index (χ1v) is 8.32. The highest BCUT2D eigenvalue weighted by molar-refractivity contribution is 7.81. The lowest BCUT2D eigenvalue weighted by atomic mass is 10.2. The quantitative estimate of drug-likeness (QED) is 0.573. The van der Waals surface area contributed by atoms with Gasteiger partial charge in [0.1, 0.15) is 0 Å². The summed E-state index contributed by atoms with van der Waals surface area (Å²) in [5.74, 6) is 0.236. The molecule has 0 aliphatic rings. The molecule has 1 aromatic heterocycles. The number of carbonyl (C=O) groups excluding carboxylic acids is 1. The summed E-state index contributed by atoms with van der Waals surface area (Å²) in [6, 6.07) is 5.85. The Balaban J connectivity index is 1.81. The lowest BCUT2D eigenvalue weighted by Crippen LogP contribution is -2.25. The van der Waals surface area contributed by atoms with E-state index < -0.39 is 0 Å². The Morgan fingerprint density at radius 2 is 1.95 bits per heavy atom. The zero-order valence-corrected chi connectivity index (χ0v) is 14.0. The molecule has 0 atom stereocenters. The van der Waals surface area contributed by atoms with Crippen molar-refractivity contribution < 1.29 is 4.79 Å². The molecule has 1 aromatic carbocycles. The van der Waals surface area contributed by atoms with Gasteiger partial charge in [-0.05, 0) is 37.5 Å². The molecule has 0 aliphatic carbocycles. The van der Waals surface area contributed by atoms with Crippen molar-refractivity contribution in [1.82, 2.24) is 9.88 Å². The van der Waals surface area contributed by atoms with E-state index in [-0.39, 0.29) is 11.7 Å². The van der Waals surface area contributed by atoms with E-state index in [0.29, 0.717) is 16.6 Å². The number of rotatable bonds is 7. The standard InChI is InChI=1S/C15H18Cl2N2OS/c16-12-8-11-4-7-19(14(11)9-13(12)17)6-3-1-2-5-18-15(20)10-21/h4,7-9,21H,1-3,5-6,10H2,(H,18,20). The van der Waals surface area contributed by atoms with Crippen LogP contribution in [0.1, 0.15) is 19.3 Å². The number of fused-ring (bicyclic) bond motifs is 1. The van der Waals surface area contributed by atoms with Gasteiger partial charge in [-0.15, -0.1) is 0 Å². The van der Waals surface area contributed by atoms with Crippen molar-refractivity contribution in [3.8, 4) is 0 Å². The van der Waals surface area contributed by atoms with Crippen LogP contribution in [0.5, 0.6) is 0 Å². The van der Waals surface area contributed by atoms with Crippen molar-refractivity contribution in [3.63, 3.8) is 0 Å². The number of aromatic nitrogens is 1. The van der Waals surface area contributed by atoms with Gasteiger partial charge in [0.15, 0.2) is 0 Å². The zero-order chi connectivity index (χ0) is 15.2. The van der Waals surface area contributed by atoms with Crippen LogP contribution < -0.4 is 5.32 Å². The van der Waals surface area contributed by atoms with Gasteiger partial charge < -0.3 is 9.88 Å². The minimum absolute atomic E-state index is 0.0127. The molecule has 0 unspecified atom stereocenters. The molecular formula is C15H18Cl2N2OS. The van der Waals surface area contributed by atoms with Gasteiger partial charge in [0.2, 0.25) is 5.91 Å². The predicted molar refractivity (Wildman–Crippen MR) is 92.7 cm³/mol. The molecule has 0 aliphatic heterocycles. The summed E-state index contributed by atoms with van der Waals surface area (Å²) in [4.78, 5) is 11.0. The van der Waals surface area contributed by atoms with Gasteiger partial charge in [-0.3, -0.25) is 4.79 Å². The summed E-state index contributed by atoms with van der Waals surface area (Å²) >= 11 is 16.0. The number of unbranched alkanes of at least 4 members (excludes halogenated alkanes) is 2. The van der Waals surface area contributed by atoms with Crippen molar-refractivity contribution in [2.75, 3.05) is 12.3 Å². The van der Waals surface area contributed by atoms with E-state index in [1.165, 1.54) is 0 Å². The summed E-state index contributed by atoms with van der Waals surface area (Å²) in [5.41, 5.74) is 1.10. The molecule has 0 radical (unpaired) electrons. The number of aryl methyl sites for hydroxylation is 1. The number of hydrogen-bond donors (Lipinski definition) is 2. The minimum Gasteiger partial charge on any atom is -0.355 e. The molecule has 1 N–H and O–H groups in total. The van der Waals surface area contributed by atoms with Crippen LogP contribution in [0.25, 0.3) is 10.9 Å². The molecule has 114 valence electrons. The van der Waals surface area contributed by atoms with Crippen LogP contribution in [0.4, 0.5) is 0 Å². The van der Waals surface area contributed by atoms with Crippen LogP contribution in [-0.2, 0) is 11.3 Å². The molecule has 1 amide bonds. The van der Waals surface area contributed by atoms with Crippen molar-refractivity contribution in [2.24, 2.45) is 0 Å². The molecule has 0 fully saturated rings. The molecule has 0 saturated carbocycles. The fraction of sp³-hybridized carbons (Fsp3) is 0.400. The first-order chi connectivity index (χ1) is 10.1. The fourth-order valence-corrected chi connectivity index (χ4v) is 2.69. The number of hydrogen-bond acceptors (Lipinski definition) is 2. The molecule has 2 rings (SSSR count). The Morgan fingerprint density at radius 3 is 2.71 bits per heavy atom. The smallest absolute Gasteiger partial charge is 0.229 e. The first kappa shape index (κ1) is 16.5. The SMILES string of the molecule is O=C(CS)NCCCCCn1ccc2cc(Cl)c(Cl)cc21. The van der Waals surface area contributed by atoms with Crippen LogP contribution in [-0.4, -0.2) is 22.8 Å². The maximum Gasteiger partial charge on any atom is 0.229 e. The Kier molecular flexibility index (Phi) is 6.27. The average Bonchev–Trinajstić information content (AvgIpc) is 2.85. The molecule has 6 heteroatoms. The number of nitrogens with one attached hydrogen (secondary N) is 1. The van der Waals surface area contributed by atoms with Crippen LogP contribution in [0.15, 0.2) is 24.4 Å². The summed E-state index contributed by atoms with van der Waals surface area (Å²) in [5, 5.41) is 5.08. The van der Waals surface area contributed by atoms with Crippen molar-refractivity contribution in [2.45, 2.75) is 25.8 Å². The third-order valence-corrected chi connectivity index (χ3v) is 4.36. The third kappa shape index (κ3) is 4.56. The molecule has 0 bridgehead atoms. The number of thiol groups is 1. The van der Waals surface area contributed by atoms with Gasteiger partial charge >= 0.3 is 0 Å². The summed E-state index contributed by atoms with van der Waals surface area (Å²) in [7, 11) is 0. The van der Waals surface area contributed by atoms with Gasteiger partial charge in [-0.25, -0.2) is 0 Å². The minimum atomic E-state index is -0.0127. The molecule has 2 aromatic rings. The second-order valence-electron chi connectivity index (χ2n) is 4.90. The topological polar surface area (TPSA) is 34.0 Å². The number of carbonyl (C=O) groups is 1. The van der Waals surface area contributed by atoms with E-state index >= 15 is 0 Å². The second kappa shape index (κ2) is 7.97. The third-order valence-electron chi connectivity index (χ3n) is 3.35. The zero-order valence-electron chi connectivity index (χ0n) is 11.6. The largest absolute Gasteiger partial charge is 0.355 e. The van der Waals surface area contributed by atoms with Crippen molar-refractivity contribution >= 4 is 52.6 Å². The van der Waals surface area contributed by atoms with E-state index in [0.717, 1.165) is 36.7 Å².